The van der Waals surface area contributed by atoms with Gasteiger partial charge in [-0.2, -0.15) is 0 Å². The molecule has 1 aromatic heterocycles. The van der Waals surface area contributed by atoms with Crippen LogP contribution >= 0.6 is 0 Å². The molecule has 0 radical (unpaired) electrons. The highest BCUT2D eigenvalue weighted by Crippen LogP contribution is 2.35. The molecule has 1 aliphatic rings. The molecule has 2 heterocycles. The van der Waals surface area contributed by atoms with Crippen molar-refractivity contribution in [1.82, 2.24) is 9.13 Å². The normalized spacial score (nSPS) is 14.2. The van der Waals surface area contributed by atoms with Gasteiger partial charge in [0.2, 0.25) is 0 Å². The van der Waals surface area contributed by atoms with Crippen LogP contribution in [0.3, 0.4) is 0 Å². The lowest BCUT2D eigenvalue weighted by Gasteiger charge is -2.38. The van der Waals surface area contributed by atoms with E-state index in [4.69, 9.17) is 0 Å². The second-order valence-electron chi connectivity index (χ2n) is 8.90. The molecule has 0 spiro atoms. The first-order valence-electron chi connectivity index (χ1n) is 11.7. The fourth-order valence-corrected chi connectivity index (χ4v) is 6.00. The van der Waals surface area contributed by atoms with E-state index in [2.05, 4.69) is 14.5 Å². The van der Waals surface area contributed by atoms with E-state index in [1.807, 2.05) is 30.3 Å². The van der Waals surface area contributed by atoms with Crippen molar-refractivity contribution >= 4 is 43.8 Å². The van der Waals surface area contributed by atoms with Crippen LogP contribution in [-0.2, 0) is 24.1 Å². The number of anilines is 3. The minimum Gasteiger partial charge on any atom is -0.368 e. The number of fused-ring (bicyclic) bond motifs is 1. The minimum absolute atomic E-state index is 0.242. The predicted octanol–water partition coefficient (Wildman–Crippen LogP) is 2.91. The number of aryl methyl sites for hydroxylation is 2. The number of imidazole rings is 1. The lowest BCUT2D eigenvalue weighted by molar-refractivity contribution is -0.387. The second-order valence-corrected chi connectivity index (χ2v) is 10.5. The van der Waals surface area contributed by atoms with E-state index in [1.54, 1.807) is 26.2 Å². The Morgan fingerprint density at radius 3 is 2.05 bits per heavy atom. The first kappa shape index (κ1) is 24.4. The summed E-state index contributed by atoms with van der Waals surface area (Å²) in [7, 11) is -1.03. The van der Waals surface area contributed by atoms with E-state index < -0.39 is 25.5 Å². The summed E-state index contributed by atoms with van der Waals surface area (Å²) >= 11 is 0. The molecule has 37 heavy (non-hydrogen) atoms. The topological polar surface area (TPSA) is 123 Å². The van der Waals surface area contributed by atoms with Crippen LogP contribution in [0.1, 0.15) is 0 Å². The number of nitro benzene ring substituents is 1. The molecule has 1 saturated heterocycles. The van der Waals surface area contributed by atoms with Crippen LogP contribution < -0.4 is 20.2 Å². The van der Waals surface area contributed by atoms with Gasteiger partial charge in [-0.25, -0.2) is 13.2 Å². The molecule has 12 heteroatoms. The maximum absolute atomic E-state index is 13.4. The summed E-state index contributed by atoms with van der Waals surface area (Å²) in [6.45, 7) is 2.65. The Labute approximate surface area is 213 Å². The summed E-state index contributed by atoms with van der Waals surface area (Å²) in [5.74, 6) is 0. The number of aromatic nitrogens is 2. The Bertz CT molecular complexity index is 1650. The molecule has 192 valence electrons. The number of para-hydroxylation sites is 2. The monoisotopic (exact) mass is 522 g/mol. The van der Waals surface area contributed by atoms with Crippen LogP contribution in [0.5, 0.6) is 0 Å². The smallest absolute Gasteiger partial charge is 0.328 e. The molecular weight excluding hydrogens is 496 g/mol. The van der Waals surface area contributed by atoms with Gasteiger partial charge in [0.15, 0.2) is 4.90 Å². The lowest BCUT2D eigenvalue weighted by Crippen LogP contribution is -2.46. The van der Waals surface area contributed by atoms with Gasteiger partial charge in [-0.1, -0.05) is 30.3 Å². The van der Waals surface area contributed by atoms with Gasteiger partial charge in [-0.05, 0) is 30.3 Å². The van der Waals surface area contributed by atoms with E-state index in [1.165, 1.54) is 27.3 Å². The fraction of sp³-hybridized carbons (Fsp3) is 0.240. The molecule has 0 aliphatic carbocycles. The third kappa shape index (κ3) is 4.40. The average molecular weight is 523 g/mol. The van der Waals surface area contributed by atoms with Crippen molar-refractivity contribution in [2.24, 2.45) is 14.1 Å². The molecule has 11 nitrogen and oxygen atoms in total. The zero-order chi connectivity index (χ0) is 26.3. The summed E-state index contributed by atoms with van der Waals surface area (Å²) in [6.07, 6.45) is 0. The average Bonchev–Trinajstić information content (AvgIpc) is 3.11. The highest BCUT2D eigenvalue weighted by Gasteiger charge is 2.28. The van der Waals surface area contributed by atoms with Crippen molar-refractivity contribution < 1.29 is 13.3 Å². The fourth-order valence-electron chi connectivity index (χ4n) is 4.76. The van der Waals surface area contributed by atoms with Crippen LogP contribution in [0.25, 0.3) is 11.0 Å². The first-order chi connectivity index (χ1) is 17.7. The van der Waals surface area contributed by atoms with Gasteiger partial charge in [0.05, 0.1) is 27.3 Å². The number of sulfonamides is 1. The zero-order valence-electron chi connectivity index (χ0n) is 20.4. The maximum atomic E-state index is 13.4. The van der Waals surface area contributed by atoms with Crippen LogP contribution in [0.2, 0.25) is 0 Å². The number of piperazine rings is 1. The molecule has 1 fully saturated rings. The van der Waals surface area contributed by atoms with Crippen molar-refractivity contribution in [3.05, 3.63) is 87.3 Å². The molecule has 5 rings (SSSR count). The van der Waals surface area contributed by atoms with Crippen molar-refractivity contribution in [3.63, 3.8) is 0 Å². The Hall–Kier alpha value is -4.32. The van der Waals surface area contributed by atoms with Crippen LogP contribution in [0.15, 0.2) is 76.4 Å². The quantitative estimate of drug-likeness (QED) is 0.305. The predicted molar refractivity (Wildman–Crippen MR) is 143 cm³/mol. The largest absolute Gasteiger partial charge is 0.368 e. The molecule has 3 aromatic carbocycles. The number of rotatable bonds is 6. The minimum atomic E-state index is -4.31. The number of nitro groups is 1. The van der Waals surface area contributed by atoms with E-state index in [0.29, 0.717) is 42.9 Å². The first-order valence-corrected chi connectivity index (χ1v) is 13.2. The summed E-state index contributed by atoms with van der Waals surface area (Å²) in [4.78, 5) is 27.3. The van der Waals surface area contributed by atoms with Crippen molar-refractivity contribution in [1.29, 1.82) is 0 Å². The lowest BCUT2D eigenvalue weighted by atomic mass is 10.1. The van der Waals surface area contributed by atoms with Crippen molar-refractivity contribution in [3.8, 4) is 0 Å². The van der Waals surface area contributed by atoms with E-state index in [9.17, 15) is 23.3 Å². The summed E-state index contributed by atoms with van der Waals surface area (Å²) < 4.78 is 32.3. The van der Waals surface area contributed by atoms with Gasteiger partial charge >= 0.3 is 5.69 Å². The highest BCUT2D eigenvalue weighted by molar-refractivity contribution is 7.92. The second kappa shape index (κ2) is 9.28. The van der Waals surface area contributed by atoms with Gasteiger partial charge < -0.3 is 9.80 Å². The number of benzene rings is 3. The standard InChI is InChI=1S/C25H26N6O5S/c1-27-22-16-19(26-37(35,36)24-11-7-6-10-20(24)31(33)34)21(17-23(22)28(2)25(27)32)30-14-12-29(13-15-30)18-8-4-3-5-9-18/h3-11,16-17,26H,12-15H2,1-2H3. The van der Waals surface area contributed by atoms with Gasteiger partial charge in [0.1, 0.15) is 0 Å². The van der Waals surface area contributed by atoms with E-state index >= 15 is 0 Å². The zero-order valence-corrected chi connectivity index (χ0v) is 21.2. The Balaban J connectivity index is 1.56. The molecule has 0 unspecified atom stereocenters. The van der Waals surface area contributed by atoms with E-state index in [0.717, 1.165) is 11.8 Å². The maximum Gasteiger partial charge on any atom is 0.328 e. The number of hydrogen-bond donors (Lipinski definition) is 1. The summed E-state index contributed by atoms with van der Waals surface area (Å²) in [5.41, 5.74) is 2.40. The van der Waals surface area contributed by atoms with Crippen LogP contribution in [-0.4, -0.2) is 48.7 Å². The molecular formula is C25H26N6O5S. The van der Waals surface area contributed by atoms with Gasteiger partial charge in [0.25, 0.3) is 15.7 Å². The SMILES string of the molecule is Cn1c(=O)n(C)c2cc(N3CCN(c4ccccc4)CC3)c(NS(=O)(=O)c3ccccc3[N+](=O)[O-])cc21. The molecule has 1 N–H and O–H groups in total. The highest BCUT2D eigenvalue weighted by atomic mass is 32.2. The van der Waals surface area contributed by atoms with Gasteiger partial charge in [-0.15, -0.1) is 0 Å². The van der Waals surface area contributed by atoms with Crippen molar-refractivity contribution in [2.75, 3.05) is 40.7 Å². The molecule has 0 saturated carbocycles. The number of nitrogens with one attached hydrogen (secondary N) is 1. The molecule has 1 aliphatic heterocycles. The number of hydrogen-bond acceptors (Lipinski definition) is 7. The summed E-state index contributed by atoms with van der Waals surface area (Å²) in [5, 5.41) is 11.5. The van der Waals surface area contributed by atoms with E-state index in [-0.39, 0.29) is 11.4 Å². The third-order valence-corrected chi connectivity index (χ3v) is 8.14. The van der Waals surface area contributed by atoms with Crippen molar-refractivity contribution in [2.45, 2.75) is 4.90 Å². The van der Waals surface area contributed by atoms with Crippen LogP contribution in [0, 0.1) is 10.1 Å². The summed E-state index contributed by atoms with van der Waals surface area (Å²) in [6, 6.07) is 18.7. The third-order valence-electron chi connectivity index (χ3n) is 6.73. The molecule has 4 aromatic rings. The Morgan fingerprint density at radius 2 is 1.41 bits per heavy atom. The Morgan fingerprint density at radius 1 is 0.838 bits per heavy atom. The molecule has 0 bridgehead atoms. The van der Waals surface area contributed by atoms with Crippen LogP contribution in [0.4, 0.5) is 22.7 Å². The van der Waals surface area contributed by atoms with Gasteiger partial charge in [-0.3, -0.25) is 24.0 Å². The molecule has 0 amide bonds. The number of nitrogens with zero attached hydrogens (tertiary/aromatic N) is 5. The van der Waals surface area contributed by atoms with Gasteiger partial charge in [0, 0.05) is 52.0 Å². The Kier molecular flexibility index (Phi) is 6.12. The molecule has 0 atom stereocenters.